The quantitative estimate of drug-likeness (QED) is 0.808. The van der Waals surface area contributed by atoms with E-state index in [1.807, 2.05) is 13.1 Å². The first-order chi connectivity index (χ1) is 9.89. The van der Waals surface area contributed by atoms with Crippen molar-refractivity contribution < 1.29 is 4.79 Å². The Morgan fingerprint density at radius 2 is 2.00 bits per heavy atom. The number of hydrogen-bond acceptors (Lipinski definition) is 4. The van der Waals surface area contributed by atoms with E-state index < -0.39 is 0 Å². The molecule has 1 fully saturated rings. The molecule has 3 N–H and O–H groups in total. The van der Waals surface area contributed by atoms with E-state index in [1.165, 1.54) is 19.3 Å². The van der Waals surface area contributed by atoms with Crippen molar-refractivity contribution >= 4 is 17.3 Å². The predicted octanol–water partition coefficient (Wildman–Crippen LogP) is 1.55. The summed E-state index contributed by atoms with van der Waals surface area (Å²) >= 11 is 0. The largest absolute Gasteiger partial charge is 0.399 e. The summed E-state index contributed by atoms with van der Waals surface area (Å²) in [4.78, 5) is 16.5. The molecule has 2 rings (SSSR count). The first-order valence-electron chi connectivity index (χ1n) is 7.40. The Morgan fingerprint density at radius 3 is 2.48 bits per heavy atom. The summed E-state index contributed by atoms with van der Waals surface area (Å²) in [6, 6.07) is 5.45. The monoisotopic (exact) mass is 290 g/mol. The highest BCUT2D eigenvalue weighted by Crippen LogP contribution is 2.38. The summed E-state index contributed by atoms with van der Waals surface area (Å²) < 4.78 is 0. The van der Waals surface area contributed by atoms with Crippen LogP contribution in [0.5, 0.6) is 0 Å². The van der Waals surface area contributed by atoms with Crippen LogP contribution < -0.4 is 16.0 Å². The fourth-order valence-electron chi connectivity index (χ4n) is 3.05. The van der Waals surface area contributed by atoms with Crippen LogP contribution in [0.4, 0.5) is 11.4 Å². The number of nitrogen functional groups attached to an aromatic ring is 1. The summed E-state index contributed by atoms with van der Waals surface area (Å²) in [5, 5.41) is 2.69. The number of nitrogens with one attached hydrogen (secondary N) is 1. The normalized spacial score (nSPS) is 16.4. The third-order valence-corrected chi connectivity index (χ3v) is 4.67. The smallest absolute Gasteiger partial charge is 0.253 e. The van der Waals surface area contributed by atoms with Gasteiger partial charge >= 0.3 is 0 Å². The summed E-state index contributed by atoms with van der Waals surface area (Å²) in [5.74, 6) is -0.0793. The summed E-state index contributed by atoms with van der Waals surface area (Å²) in [5.41, 5.74) is 8.35. The molecule has 1 amide bonds. The third kappa shape index (κ3) is 2.97. The zero-order valence-electron chi connectivity index (χ0n) is 13.4. The van der Waals surface area contributed by atoms with Crippen LogP contribution in [-0.4, -0.2) is 51.1 Å². The van der Waals surface area contributed by atoms with E-state index in [9.17, 15) is 4.79 Å². The molecule has 0 bridgehead atoms. The topological polar surface area (TPSA) is 61.6 Å². The van der Waals surface area contributed by atoms with Crippen molar-refractivity contribution in [3.8, 4) is 0 Å². The van der Waals surface area contributed by atoms with Gasteiger partial charge < -0.3 is 20.9 Å². The molecule has 5 nitrogen and oxygen atoms in total. The van der Waals surface area contributed by atoms with E-state index in [1.54, 1.807) is 19.2 Å². The molecule has 0 heterocycles. The number of benzene rings is 1. The van der Waals surface area contributed by atoms with Crippen LogP contribution in [0.3, 0.4) is 0 Å². The second-order valence-corrected chi connectivity index (χ2v) is 6.18. The molecule has 0 spiro atoms. The van der Waals surface area contributed by atoms with Crippen LogP contribution in [0.15, 0.2) is 18.2 Å². The summed E-state index contributed by atoms with van der Waals surface area (Å²) in [7, 11) is 7.94. The van der Waals surface area contributed by atoms with Gasteiger partial charge in [0.15, 0.2) is 0 Å². The second kappa shape index (κ2) is 5.93. The zero-order chi connectivity index (χ0) is 15.6. The van der Waals surface area contributed by atoms with Gasteiger partial charge in [0, 0.05) is 31.9 Å². The molecule has 0 radical (unpaired) electrons. The minimum atomic E-state index is -0.0793. The molecule has 116 valence electrons. The maximum absolute atomic E-state index is 12.0. The molecule has 0 saturated heterocycles. The number of amides is 1. The number of anilines is 2. The maximum atomic E-state index is 12.0. The molecular weight excluding hydrogens is 264 g/mol. The molecule has 1 aromatic rings. The third-order valence-electron chi connectivity index (χ3n) is 4.67. The van der Waals surface area contributed by atoms with Crippen molar-refractivity contribution in [3.63, 3.8) is 0 Å². The van der Waals surface area contributed by atoms with Crippen molar-refractivity contribution in [2.24, 2.45) is 0 Å². The van der Waals surface area contributed by atoms with Crippen LogP contribution in [0.25, 0.3) is 0 Å². The van der Waals surface area contributed by atoms with E-state index >= 15 is 0 Å². The van der Waals surface area contributed by atoms with Crippen LogP contribution in [-0.2, 0) is 0 Å². The van der Waals surface area contributed by atoms with E-state index in [-0.39, 0.29) is 11.4 Å². The van der Waals surface area contributed by atoms with Gasteiger partial charge in [0.05, 0.1) is 11.3 Å². The molecule has 0 aliphatic heterocycles. The lowest BCUT2D eigenvalue weighted by Gasteiger charge is -2.49. The number of carbonyl (C=O) groups excluding carboxylic acids is 1. The van der Waals surface area contributed by atoms with Gasteiger partial charge in [-0.2, -0.15) is 0 Å². The Balaban J connectivity index is 2.28. The van der Waals surface area contributed by atoms with Gasteiger partial charge in [0.1, 0.15) is 0 Å². The molecule has 1 aromatic carbocycles. The Bertz CT molecular complexity index is 523. The molecular formula is C16H26N4O. The highest BCUT2D eigenvalue weighted by molar-refractivity contribution is 6.00. The Kier molecular flexibility index (Phi) is 4.42. The molecule has 1 saturated carbocycles. The first kappa shape index (κ1) is 15.6. The number of hydrogen-bond donors (Lipinski definition) is 2. The van der Waals surface area contributed by atoms with Crippen molar-refractivity contribution in [2.45, 2.75) is 24.8 Å². The maximum Gasteiger partial charge on any atom is 0.253 e. The van der Waals surface area contributed by atoms with Gasteiger partial charge in [-0.3, -0.25) is 4.79 Å². The van der Waals surface area contributed by atoms with Gasteiger partial charge in [0.2, 0.25) is 0 Å². The average molecular weight is 290 g/mol. The van der Waals surface area contributed by atoms with Gasteiger partial charge in [-0.05, 0) is 51.6 Å². The number of carbonyl (C=O) groups is 1. The van der Waals surface area contributed by atoms with Crippen LogP contribution >= 0.6 is 0 Å². The van der Waals surface area contributed by atoms with Crippen molar-refractivity contribution in [2.75, 3.05) is 45.4 Å². The Morgan fingerprint density at radius 1 is 1.33 bits per heavy atom. The molecule has 1 aliphatic carbocycles. The lowest BCUT2D eigenvalue weighted by Crippen LogP contribution is -2.57. The first-order valence-corrected chi connectivity index (χ1v) is 7.40. The fourth-order valence-corrected chi connectivity index (χ4v) is 3.05. The van der Waals surface area contributed by atoms with Gasteiger partial charge in [-0.15, -0.1) is 0 Å². The average Bonchev–Trinajstić information content (AvgIpc) is 2.41. The van der Waals surface area contributed by atoms with Crippen LogP contribution in [0.1, 0.15) is 29.6 Å². The standard InChI is InChI=1S/C16H26N4O/c1-18-15(21)13-7-6-12(17)10-14(13)20(4)11-16(19(2)3)8-5-9-16/h6-7,10H,5,8-9,11,17H2,1-4H3,(H,18,21). The van der Waals surface area contributed by atoms with Crippen molar-refractivity contribution in [1.29, 1.82) is 0 Å². The van der Waals surface area contributed by atoms with Gasteiger partial charge in [-0.1, -0.05) is 0 Å². The molecule has 0 unspecified atom stereocenters. The number of nitrogens with zero attached hydrogens (tertiary/aromatic N) is 2. The SMILES string of the molecule is CNC(=O)c1ccc(N)cc1N(C)CC1(N(C)C)CCC1. The Hall–Kier alpha value is -1.75. The fraction of sp³-hybridized carbons (Fsp3) is 0.562. The van der Waals surface area contributed by atoms with Crippen LogP contribution in [0, 0.1) is 0 Å². The van der Waals surface area contributed by atoms with E-state index in [0.29, 0.717) is 11.3 Å². The zero-order valence-corrected chi connectivity index (χ0v) is 13.4. The number of nitrogens with two attached hydrogens (primary N) is 1. The van der Waals surface area contributed by atoms with Gasteiger partial charge in [-0.25, -0.2) is 0 Å². The van der Waals surface area contributed by atoms with Gasteiger partial charge in [0.25, 0.3) is 5.91 Å². The van der Waals surface area contributed by atoms with Crippen molar-refractivity contribution in [3.05, 3.63) is 23.8 Å². The number of rotatable bonds is 5. The van der Waals surface area contributed by atoms with E-state index in [2.05, 4.69) is 29.2 Å². The minimum absolute atomic E-state index is 0.0793. The highest BCUT2D eigenvalue weighted by atomic mass is 16.1. The molecule has 0 atom stereocenters. The Labute approximate surface area is 127 Å². The predicted molar refractivity (Wildman–Crippen MR) is 87.8 cm³/mol. The summed E-state index contributed by atoms with van der Waals surface area (Å²) in [6.45, 7) is 0.896. The molecule has 0 aromatic heterocycles. The van der Waals surface area contributed by atoms with E-state index in [4.69, 9.17) is 5.73 Å². The van der Waals surface area contributed by atoms with Crippen molar-refractivity contribution in [1.82, 2.24) is 10.2 Å². The number of likely N-dealkylation sites (N-methyl/N-ethyl adjacent to an activating group) is 2. The summed E-state index contributed by atoms with van der Waals surface area (Å²) in [6.07, 6.45) is 3.66. The van der Waals surface area contributed by atoms with E-state index in [0.717, 1.165) is 12.2 Å². The molecule has 1 aliphatic rings. The molecule has 5 heteroatoms. The second-order valence-electron chi connectivity index (χ2n) is 6.18. The van der Waals surface area contributed by atoms with Crippen LogP contribution in [0.2, 0.25) is 0 Å². The molecule has 21 heavy (non-hydrogen) atoms. The minimum Gasteiger partial charge on any atom is -0.399 e. The lowest BCUT2D eigenvalue weighted by molar-refractivity contribution is 0.0682. The highest BCUT2D eigenvalue weighted by Gasteiger charge is 2.40. The lowest BCUT2D eigenvalue weighted by atomic mass is 9.75.